The topological polar surface area (TPSA) is 59.0 Å². The maximum Gasteiger partial charge on any atom is 0.234 e. The van der Waals surface area contributed by atoms with Gasteiger partial charge in [-0.1, -0.05) is 17.6 Å². The first-order chi connectivity index (χ1) is 12.3. The molecular weight excluding hydrogens is 316 g/mol. The number of nitrogens with zero attached hydrogens (tertiary/aromatic N) is 3. The van der Waals surface area contributed by atoms with E-state index >= 15 is 0 Å². The summed E-state index contributed by atoms with van der Waals surface area (Å²) in [6, 6.07) is 4.12. The van der Waals surface area contributed by atoms with Crippen molar-refractivity contribution in [3.05, 3.63) is 30.1 Å². The molecule has 1 N–H and O–H groups in total. The van der Waals surface area contributed by atoms with Gasteiger partial charge in [-0.3, -0.25) is 9.88 Å². The molecule has 136 valence electrons. The van der Waals surface area contributed by atoms with Gasteiger partial charge in [0.15, 0.2) is 6.61 Å². The largest absolute Gasteiger partial charge is 0.470 e. The van der Waals surface area contributed by atoms with Gasteiger partial charge in [-0.15, -0.1) is 0 Å². The average Bonchev–Trinajstić information content (AvgIpc) is 3.13. The molecule has 2 atom stereocenters. The number of nitrogens with one attached hydrogen (secondary N) is 1. The molecule has 2 fully saturated rings. The van der Waals surface area contributed by atoms with Gasteiger partial charge in [0.05, 0.1) is 5.41 Å². The monoisotopic (exact) mass is 344 g/mol. The molecule has 2 unspecified atom stereocenters. The van der Waals surface area contributed by atoms with Crippen LogP contribution in [0.5, 0.6) is 0 Å². The molecule has 3 aliphatic rings. The molecule has 0 bridgehead atoms. The first-order valence-corrected chi connectivity index (χ1v) is 9.53. The normalized spacial score (nSPS) is 30.4. The third-order valence-corrected chi connectivity index (χ3v) is 5.56. The van der Waals surface area contributed by atoms with Gasteiger partial charge in [0.1, 0.15) is 6.10 Å². The molecule has 6 nitrogen and oxygen atoms in total. The Morgan fingerprint density at radius 1 is 1.28 bits per heavy atom. The van der Waals surface area contributed by atoms with E-state index < -0.39 is 0 Å². The summed E-state index contributed by atoms with van der Waals surface area (Å²) in [5, 5.41) is 7.82. The first kappa shape index (κ1) is 16.8. The van der Waals surface area contributed by atoms with Crippen molar-refractivity contribution in [3.63, 3.8) is 0 Å². The second-order valence-corrected chi connectivity index (χ2v) is 7.54. The van der Waals surface area contributed by atoms with E-state index in [2.05, 4.69) is 26.4 Å². The molecule has 4 heterocycles. The minimum absolute atomic E-state index is 0.0805. The Bertz CT molecular complexity index is 580. The van der Waals surface area contributed by atoms with Crippen LogP contribution >= 0.6 is 0 Å². The number of hydrogen-bond donors (Lipinski definition) is 1. The van der Waals surface area contributed by atoms with Gasteiger partial charge >= 0.3 is 0 Å². The third-order valence-electron chi connectivity index (χ3n) is 5.56. The Hall–Kier alpha value is -1.66. The molecule has 0 radical (unpaired) electrons. The molecule has 2 saturated heterocycles. The lowest BCUT2D eigenvalue weighted by Crippen LogP contribution is -2.47. The van der Waals surface area contributed by atoms with Crippen LogP contribution in [0, 0.1) is 5.41 Å². The number of likely N-dealkylation sites (tertiary alicyclic amines) is 1. The van der Waals surface area contributed by atoms with E-state index in [-0.39, 0.29) is 11.5 Å². The van der Waals surface area contributed by atoms with Crippen LogP contribution < -0.4 is 5.32 Å². The molecule has 1 aromatic rings. The fourth-order valence-electron chi connectivity index (χ4n) is 4.18. The molecular formula is C19H28N4O2. The maximum absolute atomic E-state index is 6.37. The summed E-state index contributed by atoms with van der Waals surface area (Å²) in [6.07, 6.45) is 9.67. The van der Waals surface area contributed by atoms with Crippen LogP contribution in [0.15, 0.2) is 29.7 Å². The second kappa shape index (κ2) is 7.70. The molecule has 0 aliphatic carbocycles. The summed E-state index contributed by atoms with van der Waals surface area (Å²) in [4.78, 5) is 12.4. The van der Waals surface area contributed by atoms with Crippen molar-refractivity contribution in [1.82, 2.24) is 15.2 Å². The van der Waals surface area contributed by atoms with Gasteiger partial charge in [0.2, 0.25) is 5.90 Å². The summed E-state index contributed by atoms with van der Waals surface area (Å²) in [7, 11) is 0. The van der Waals surface area contributed by atoms with Crippen molar-refractivity contribution in [2.45, 2.75) is 38.2 Å². The maximum atomic E-state index is 6.37. The summed E-state index contributed by atoms with van der Waals surface area (Å²) in [6.45, 7) is 5.70. The van der Waals surface area contributed by atoms with E-state index in [4.69, 9.17) is 9.57 Å². The van der Waals surface area contributed by atoms with Crippen molar-refractivity contribution in [2.24, 2.45) is 10.6 Å². The molecule has 6 heteroatoms. The van der Waals surface area contributed by atoms with Gasteiger partial charge in [0, 0.05) is 25.5 Å². The minimum atomic E-state index is -0.121. The van der Waals surface area contributed by atoms with Crippen molar-refractivity contribution < 1.29 is 9.57 Å². The number of piperidine rings is 1. The lowest BCUT2D eigenvalue weighted by atomic mass is 9.80. The SMILES string of the molecule is c1cncc(CC2(C3=NOCC(CN4CCCCC4)O3)CCNC2)c1. The number of ether oxygens (including phenoxy) is 1. The summed E-state index contributed by atoms with van der Waals surface area (Å²) >= 11 is 0. The molecule has 1 aromatic heterocycles. The smallest absolute Gasteiger partial charge is 0.234 e. The molecule has 0 aromatic carbocycles. The average molecular weight is 344 g/mol. The lowest BCUT2D eigenvalue weighted by Gasteiger charge is -2.36. The van der Waals surface area contributed by atoms with E-state index in [9.17, 15) is 0 Å². The predicted octanol–water partition coefficient (Wildman–Crippen LogP) is 1.82. The highest BCUT2D eigenvalue weighted by Crippen LogP contribution is 2.34. The Morgan fingerprint density at radius 3 is 2.96 bits per heavy atom. The van der Waals surface area contributed by atoms with Gasteiger partial charge in [-0.2, -0.15) is 0 Å². The van der Waals surface area contributed by atoms with Crippen LogP contribution in [0.3, 0.4) is 0 Å². The zero-order valence-electron chi connectivity index (χ0n) is 14.8. The Morgan fingerprint density at radius 2 is 2.20 bits per heavy atom. The number of oxime groups is 1. The second-order valence-electron chi connectivity index (χ2n) is 7.54. The lowest BCUT2D eigenvalue weighted by molar-refractivity contribution is -0.0207. The molecule has 3 aliphatic heterocycles. The van der Waals surface area contributed by atoms with E-state index in [1.165, 1.54) is 37.9 Å². The van der Waals surface area contributed by atoms with Crippen LogP contribution in [0.4, 0.5) is 0 Å². The van der Waals surface area contributed by atoms with Crippen molar-refractivity contribution in [2.75, 3.05) is 39.3 Å². The van der Waals surface area contributed by atoms with Crippen LogP contribution in [0.25, 0.3) is 0 Å². The molecule has 0 amide bonds. The third kappa shape index (κ3) is 3.96. The predicted molar refractivity (Wildman–Crippen MR) is 96.4 cm³/mol. The van der Waals surface area contributed by atoms with Crippen LogP contribution in [0.2, 0.25) is 0 Å². The van der Waals surface area contributed by atoms with E-state index in [1.807, 2.05) is 18.5 Å². The number of rotatable bonds is 5. The highest BCUT2D eigenvalue weighted by molar-refractivity contribution is 5.83. The minimum Gasteiger partial charge on any atom is -0.470 e. The quantitative estimate of drug-likeness (QED) is 0.883. The number of pyridine rings is 1. The van der Waals surface area contributed by atoms with Crippen LogP contribution in [0.1, 0.15) is 31.2 Å². The van der Waals surface area contributed by atoms with Gasteiger partial charge in [-0.05, 0) is 56.9 Å². The zero-order chi connectivity index (χ0) is 17.0. The fourth-order valence-corrected chi connectivity index (χ4v) is 4.18. The van der Waals surface area contributed by atoms with E-state index in [0.717, 1.165) is 38.4 Å². The van der Waals surface area contributed by atoms with Gasteiger partial charge in [0.25, 0.3) is 0 Å². The van der Waals surface area contributed by atoms with Crippen molar-refractivity contribution in [3.8, 4) is 0 Å². The summed E-state index contributed by atoms with van der Waals surface area (Å²) in [5.74, 6) is 0.773. The van der Waals surface area contributed by atoms with Crippen LogP contribution in [-0.4, -0.2) is 61.2 Å². The molecule has 0 saturated carbocycles. The highest BCUT2D eigenvalue weighted by atomic mass is 16.7. The van der Waals surface area contributed by atoms with E-state index in [0.29, 0.717) is 6.61 Å². The number of hydrogen-bond acceptors (Lipinski definition) is 6. The van der Waals surface area contributed by atoms with Crippen LogP contribution in [-0.2, 0) is 16.0 Å². The first-order valence-electron chi connectivity index (χ1n) is 9.53. The highest BCUT2D eigenvalue weighted by Gasteiger charge is 2.44. The van der Waals surface area contributed by atoms with E-state index in [1.54, 1.807) is 0 Å². The van der Waals surface area contributed by atoms with Crippen molar-refractivity contribution >= 4 is 5.90 Å². The molecule has 25 heavy (non-hydrogen) atoms. The van der Waals surface area contributed by atoms with Gasteiger partial charge < -0.3 is 14.9 Å². The zero-order valence-corrected chi connectivity index (χ0v) is 14.8. The number of aromatic nitrogens is 1. The fraction of sp³-hybridized carbons (Fsp3) is 0.684. The Kier molecular flexibility index (Phi) is 5.17. The summed E-state index contributed by atoms with van der Waals surface area (Å²) < 4.78 is 6.37. The molecule has 0 spiro atoms. The van der Waals surface area contributed by atoms with Gasteiger partial charge in [-0.25, -0.2) is 0 Å². The summed E-state index contributed by atoms with van der Waals surface area (Å²) in [5.41, 5.74) is 1.10. The van der Waals surface area contributed by atoms with Crippen molar-refractivity contribution in [1.29, 1.82) is 0 Å². The Labute approximate surface area is 149 Å². The Balaban J connectivity index is 1.45. The standard InChI is InChI=1S/C19H28N4O2/c1-2-9-23(10-3-1)13-17-14-24-22-18(25-17)19(6-8-21-15-19)11-16-5-4-7-20-12-16/h4-5,7,12,17,21H,1-3,6,8-11,13-15H2. The molecule has 4 rings (SSSR count).